The summed E-state index contributed by atoms with van der Waals surface area (Å²) in [4.78, 5) is 19.3. The Hall–Kier alpha value is -2.60. The van der Waals surface area contributed by atoms with Crippen LogP contribution in [0.25, 0.3) is 5.65 Å². The third kappa shape index (κ3) is 3.81. The largest absolute Gasteiger partial charge is 0.445 e. The van der Waals surface area contributed by atoms with Crippen LogP contribution in [0.3, 0.4) is 0 Å². The smallest absolute Gasteiger partial charge is 0.410 e. The maximum atomic E-state index is 12.6. The summed E-state index contributed by atoms with van der Waals surface area (Å²) in [5.41, 5.74) is 3.97. The third-order valence-electron chi connectivity index (χ3n) is 5.80. The van der Waals surface area contributed by atoms with Gasteiger partial charge in [0.1, 0.15) is 11.8 Å². The molecule has 1 amide bonds. The number of nitrogens with zero attached hydrogens (tertiary/aromatic N) is 4. The highest BCUT2D eigenvalue weighted by Gasteiger charge is 2.30. The molecule has 3 aromatic rings. The van der Waals surface area contributed by atoms with E-state index in [1.54, 1.807) is 9.42 Å². The Labute approximate surface area is 174 Å². The lowest BCUT2D eigenvalue weighted by atomic mass is 9.95. The number of fused-ring (bicyclic) bond motifs is 1. The normalized spacial score (nSPS) is 19.5. The highest BCUT2D eigenvalue weighted by atomic mass is 35.5. The number of hydrogen-bond donors (Lipinski definition) is 0. The van der Waals surface area contributed by atoms with Gasteiger partial charge in [0.05, 0.1) is 11.9 Å². The minimum absolute atomic E-state index is 0.150. The number of hydrogen-bond acceptors (Lipinski definition) is 4. The van der Waals surface area contributed by atoms with E-state index in [2.05, 4.69) is 5.10 Å². The van der Waals surface area contributed by atoms with Gasteiger partial charge in [-0.15, -0.1) is 0 Å². The minimum atomic E-state index is -0.270. The molecule has 29 heavy (non-hydrogen) atoms. The quantitative estimate of drug-likeness (QED) is 0.581. The standard InChI is InChI=1S/C22H23ClN4O2/c23-20-11-19(25-21-18(16-8-9-16)12-24-27(20)21)17-7-4-10-26(13-17)22(28)29-14-15-5-2-1-3-6-15/h1-3,5-6,11-12,16-17H,4,7-10,13-14H2. The van der Waals surface area contributed by atoms with E-state index >= 15 is 0 Å². The molecule has 0 spiro atoms. The average Bonchev–Trinajstić information content (AvgIpc) is 3.51. The molecule has 0 radical (unpaired) electrons. The molecule has 0 bridgehead atoms. The molecule has 3 heterocycles. The van der Waals surface area contributed by atoms with Crippen molar-refractivity contribution in [3.8, 4) is 0 Å². The van der Waals surface area contributed by atoms with Crippen molar-refractivity contribution in [3.63, 3.8) is 0 Å². The number of rotatable bonds is 4. The van der Waals surface area contributed by atoms with Gasteiger partial charge in [-0.2, -0.15) is 5.10 Å². The van der Waals surface area contributed by atoms with Gasteiger partial charge in [0.2, 0.25) is 0 Å². The molecule has 1 aliphatic carbocycles. The fourth-order valence-corrected chi connectivity index (χ4v) is 4.28. The van der Waals surface area contributed by atoms with Crippen LogP contribution in [-0.2, 0) is 11.3 Å². The van der Waals surface area contributed by atoms with Crippen molar-refractivity contribution >= 4 is 23.3 Å². The summed E-state index contributed by atoms with van der Waals surface area (Å²) in [6.45, 7) is 1.59. The molecule has 2 aromatic heterocycles. The molecule has 1 atom stereocenters. The van der Waals surface area contributed by atoms with Crippen LogP contribution in [0.5, 0.6) is 0 Å². The molecule has 7 heteroatoms. The van der Waals surface area contributed by atoms with Crippen LogP contribution in [-0.4, -0.2) is 38.7 Å². The van der Waals surface area contributed by atoms with Crippen LogP contribution < -0.4 is 0 Å². The Morgan fingerprint density at radius 3 is 2.79 bits per heavy atom. The van der Waals surface area contributed by atoms with Gasteiger partial charge >= 0.3 is 6.09 Å². The average molecular weight is 411 g/mol. The Balaban J connectivity index is 1.31. The van der Waals surface area contributed by atoms with Crippen molar-refractivity contribution in [1.29, 1.82) is 0 Å². The van der Waals surface area contributed by atoms with Crippen LogP contribution in [0.15, 0.2) is 42.6 Å². The number of carbonyl (C=O) groups is 1. The lowest BCUT2D eigenvalue weighted by Gasteiger charge is -2.31. The first kappa shape index (κ1) is 18.4. The first-order valence-electron chi connectivity index (χ1n) is 10.2. The van der Waals surface area contributed by atoms with E-state index in [0.29, 0.717) is 24.2 Å². The lowest BCUT2D eigenvalue weighted by Crippen LogP contribution is -2.39. The first-order valence-corrected chi connectivity index (χ1v) is 10.6. The molecule has 1 unspecified atom stereocenters. The van der Waals surface area contributed by atoms with Crippen molar-refractivity contribution in [1.82, 2.24) is 19.5 Å². The van der Waals surface area contributed by atoms with E-state index in [4.69, 9.17) is 21.3 Å². The monoisotopic (exact) mass is 410 g/mol. The number of halogens is 1. The van der Waals surface area contributed by atoms with Crippen molar-refractivity contribution < 1.29 is 9.53 Å². The number of aromatic nitrogens is 3. The Morgan fingerprint density at radius 1 is 1.17 bits per heavy atom. The molecule has 2 aliphatic rings. The topological polar surface area (TPSA) is 59.7 Å². The SMILES string of the molecule is O=C(OCc1ccccc1)N1CCCC(c2cc(Cl)n3ncc(C4CC4)c3n2)C1. The number of benzene rings is 1. The molecule has 5 rings (SSSR count). The molecule has 6 nitrogen and oxygen atoms in total. The van der Waals surface area contributed by atoms with Crippen molar-refractivity contribution in [3.05, 3.63) is 64.6 Å². The van der Waals surface area contributed by atoms with Gasteiger partial charge in [0.15, 0.2) is 5.65 Å². The fraction of sp³-hybridized carbons (Fsp3) is 0.409. The second kappa shape index (κ2) is 7.67. The molecule has 2 fully saturated rings. The number of ether oxygens (including phenoxy) is 1. The maximum absolute atomic E-state index is 12.6. The predicted molar refractivity (Wildman–Crippen MR) is 110 cm³/mol. The van der Waals surface area contributed by atoms with E-state index in [0.717, 1.165) is 29.7 Å². The zero-order valence-corrected chi connectivity index (χ0v) is 16.9. The molecule has 1 saturated carbocycles. The first-order chi connectivity index (χ1) is 14.2. The van der Waals surface area contributed by atoms with Gasteiger partial charge in [-0.25, -0.2) is 14.3 Å². The van der Waals surface area contributed by atoms with Crippen LogP contribution in [0.4, 0.5) is 4.79 Å². The zero-order valence-electron chi connectivity index (χ0n) is 16.1. The molecule has 1 saturated heterocycles. The fourth-order valence-electron chi connectivity index (χ4n) is 4.05. The van der Waals surface area contributed by atoms with Crippen molar-refractivity contribution in [2.24, 2.45) is 0 Å². The van der Waals surface area contributed by atoms with Gasteiger partial charge in [0.25, 0.3) is 0 Å². The van der Waals surface area contributed by atoms with E-state index in [1.807, 2.05) is 42.6 Å². The predicted octanol–water partition coefficient (Wildman–Crippen LogP) is 4.78. The third-order valence-corrected chi connectivity index (χ3v) is 6.06. The molecule has 0 N–H and O–H groups in total. The van der Waals surface area contributed by atoms with E-state index in [1.165, 1.54) is 18.4 Å². The highest BCUT2D eigenvalue weighted by Crippen LogP contribution is 2.42. The van der Waals surface area contributed by atoms with E-state index in [9.17, 15) is 4.79 Å². The molecule has 150 valence electrons. The lowest BCUT2D eigenvalue weighted by molar-refractivity contribution is 0.0856. The van der Waals surface area contributed by atoms with Crippen LogP contribution >= 0.6 is 11.6 Å². The summed E-state index contributed by atoms with van der Waals surface area (Å²) < 4.78 is 7.23. The summed E-state index contributed by atoms with van der Waals surface area (Å²) in [7, 11) is 0. The zero-order chi connectivity index (χ0) is 19.8. The summed E-state index contributed by atoms with van der Waals surface area (Å²) >= 11 is 6.49. The van der Waals surface area contributed by atoms with Gasteiger partial charge in [-0.3, -0.25) is 0 Å². The highest BCUT2D eigenvalue weighted by molar-refractivity contribution is 6.29. The molecule has 1 aliphatic heterocycles. The second-order valence-electron chi connectivity index (χ2n) is 7.94. The Kier molecular flexibility index (Phi) is 4.87. The molecule has 1 aromatic carbocycles. The van der Waals surface area contributed by atoms with E-state index < -0.39 is 0 Å². The summed E-state index contributed by atoms with van der Waals surface area (Å²) in [5, 5.41) is 4.97. The van der Waals surface area contributed by atoms with Gasteiger partial charge in [-0.1, -0.05) is 41.9 Å². The minimum Gasteiger partial charge on any atom is -0.445 e. The van der Waals surface area contributed by atoms with E-state index in [-0.39, 0.29) is 18.6 Å². The van der Waals surface area contributed by atoms with Crippen LogP contribution in [0.2, 0.25) is 5.15 Å². The van der Waals surface area contributed by atoms with Crippen molar-refractivity contribution in [2.75, 3.05) is 13.1 Å². The van der Waals surface area contributed by atoms with Gasteiger partial charge in [0, 0.05) is 24.6 Å². The van der Waals surface area contributed by atoms with Crippen LogP contribution in [0, 0.1) is 0 Å². The van der Waals surface area contributed by atoms with Gasteiger partial charge < -0.3 is 9.64 Å². The molecular weight excluding hydrogens is 388 g/mol. The maximum Gasteiger partial charge on any atom is 0.410 e. The van der Waals surface area contributed by atoms with Gasteiger partial charge in [-0.05, 0) is 43.2 Å². The number of carbonyl (C=O) groups excluding carboxylic acids is 1. The second-order valence-corrected chi connectivity index (χ2v) is 8.33. The number of amides is 1. The number of piperidine rings is 1. The Morgan fingerprint density at radius 2 is 2.00 bits per heavy atom. The summed E-state index contributed by atoms with van der Waals surface area (Å²) in [5.74, 6) is 0.708. The summed E-state index contributed by atoms with van der Waals surface area (Å²) in [6.07, 6.45) is 5.90. The number of likely N-dealkylation sites (tertiary alicyclic amines) is 1. The summed E-state index contributed by atoms with van der Waals surface area (Å²) in [6, 6.07) is 11.6. The Bertz CT molecular complexity index is 1030. The molecular formula is C22H23ClN4O2. The van der Waals surface area contributed by atoms with Crippen LogP contribution in [0.1, 0.15) is 54.3 Å². The van der Waals surface area contributed by atoms with Crippen molar-refractivity contribution in [2.45, 2.75) is 44.1 Å².